The zero-order valence-corrected chi connectivity index (χ0v) is 20.5. The van der Waals surface area contributed by atoms with E-state index in [0.29, 0.717) is 42.7 Å². The molecule has 0 saturated carbocycles. The molecule has 8 heteroatoms. The lowest BCUT2D eigenvalue weighted by molar-refractivity contribution is -0.111. The van der Waals surface area contributed by atoms with Gasteiger partial charge in [-0.15, -0.1) is 0 Å². The van der Waals surface area contributed by atoms with Crippen LogP contribution in [-0.2, 0) is 11.3 Å². The number of benzene rings is 3. The average Bonchev–Trinajstić information content (AvgIpc) is 3.20. The molecule has 35 heavy (non-hydrogen) atoms. The van der Waals surface area contributed by atoms with Crippen molar-refractivity contribution in [2.24, 2.45) is 5.10 Å². The van der Waals surface area contributed by atoms with E-state index in [2.05, 4.69) is 39.1 Å². The fraction of sp³-hybridized carbons (Fsp3) is 0.259. The summed E-state index contributed by atoms with van der Waals surface area (Å²) in [5.74, 6) is 0.00369. The van der Waals surface area contributed by atoms with Gasteiger partial charge in [0.25, 0.3) is 0 Å². The van der Waals surface area contributed by atoms with E-state index in [1.54, 1.807) is 12.1 Å². The molecule has 0 spiro atoms. The fourth-order valence-corrected chi connectivity index (χ4v) is 5.14. The number of hydrogen-bond donors (Lipinski definition) is 1. The van der Waals surface area contributed by atoms with E-state index in [1.807, 2.05) is 29.2 Å². The smallest absolute Gasteiger partial charge is 0.196 e. The van der Waals surface area contributed by atoms with Gasteiger partial charge in [0.05, 0.1) is 16.2 Å². The number of piperazine rings is 1. The minimum atomic E-state index is -0.249. The van der Waals surface area contributed by atoms with Crippen LogP contribution in [0.15, 0.2) is 65.8 Å². The number of aromatic nitrogens is 1. The second kappa shape index (κ2) is 9.58. The molecule has 0 radical (unpaired) electrons. The van der Waals surface area contributed by atoms with Gasteiger partial charge in [-0.05, 0) is 49.4 Å². The van der Waals surface area contributed by atoms with Crippen LogP contribution < -0.4 is 10.3 Å². The van der Waals surface area contributed by atoms with Crippen LogP contribution in [0, 0.1) is 5.82 Å². The van der Waals surface area contributed by atoms with E-state index in [-0.39, 0.29) is 11.6 Å². The first-order valence-electron chi connectivity index (χ1n) is 11.8. The van der Waals surface area contributed by atoms with Gasteiger partial charge in [0.1, 0.15) is 5.82 Å². The van der Waals surface area contributed by atoms with Crippen molar-refractivity contribution in [2.75, 3.05) is 36.5 Å². The summed E-state index contributed by atoms with van der Waals surface area (Å²) >= 11 is 6.86. The Labute approximate surface area is 208 Å². The maximum atomic E-state index is 13.2. The number of nitrogens with one attached hydrogen (secondary N) is 1. The normalized spacial score (nSPS) is 14.7. The number of aryl methyl sites for hydroxylation is 1. The summed E-state index contributed by atoms with van der Waals surface area (Å²) in [5.41, 5.74) is 6.88. The average molecular weight is 492 g/mol. The molecule has 2 heterocycles. The zero-order chi connectivity index (χ0) is 24.5. The minimum absolute atomic E-state index is 0.118. The third kappa shape index (κ3) is 4.32. The second-order valence-electron chi connectivity index (χ2n) is 8.64. The first-order valence-corrected chi connectivity index (χ1v) is 12.1. The van der Waals surface area contributed by atoms with Crippen LogP contribution >= 0.6 is 11.6 Å². The number of hydrazone groups is 1. The first kappa shape index (κ1) is 23.2. The van der Waals surface area contributed by atoms with Crippen molar-refractivity contribution in [2.45, 2.75) is 20.4 Å². The van der Waals surface area contributed by atoms with Crippen molar-refractivity contribution in [1.29, 1.82) is 0 Å². The maximum absolute atomic E-state index is 13.2. The number of para-hydroxylation sites is 1. The van der Waals surface area contributed by atoms with Crippen LogP contribution in [0.25, 0.3) is 21.8 Å². The van der Waals surface area contributed by atoms with Crippen LogP contribution in [0.3, 0.4) is 0 Å². The highest BCUT2D eigenvalue weighted by Gasteiger charge is 2.23. The third-order valence-electron chi connectivity index (χ3n) is 6.56. The molecule has 0 bridgehead atoms. The minimum Gasteiger partial charge on any atom is -0.368 e. The SMILES string of the molecule is CCn1c2ccccc2c2c(Cl)c(N/N=C(\C(C)=O)N3CCN(c4ccc(F)cc4)CC3)ccc21. The maximum Gasteiger partial charge on any atom is 0.196 e. The van der Waals surface area contributed by atoms with Crippen LogP contribution in [0.5, 0.6) is 0 Å². The largest absolute Gasteiger partial charge is 0.368 e. The van der Waals surface area contributed by atoms with Gasteiger partial charge in [-0.25, -0.2) is 4.39 Å². The zero-order valence-electron chi connectivity index (χ0n) is 19.8. The van der Waals surface area contributed by atoms with Gasteiger partial charge in [-0.1, -0.05) is 29.8 Å². The molecule has 1 aliphatic rings. The van der Waals surface area contributed by atoms with E-state index in [4.69, 9.17) is 11.6 Å². The lowest BCUT2D eigenvalue weighted by atomic mass is 10.1. The highest BCUT2D eigenvalue weighted by Crippen LogP contribution is 2.38. The monoisotopic (exact) mass is 491 g/mol. The Morgan fingerprint density at radius 1 is 1.00 bits per heavy atom. The summed E-state index contributed by atoms with van der Waals surface area (Å²) in [6.45, 7) is 7.16. The lowest BCUT2D eigenvalue weighted by Gasteiger charge is -2.37. The number of hydrogen-bond acceptors (Lipinski definition) is 4. The number of amidine groups is 1. The topological polar surface area (TPSA) is 52.9 Å². The van der Waals surface area contributed by atoms with E-state index >= 15 is 0 Å². The Balaban J connectivity index is 1.39. The first-order chi connectivity index (χ1) is 17.0. The predicted molar refractivity (Wildman–Crippen MR) is 142 cm³/mol. The number of carbonyl (C=O) groups excluding carboxylic acids is 1. The van der Waals surface area contributed by atoms with Gasteiger partial charge >= 0.3 is 0 Å². The Kier molecular flexibility index (Phi) is 6.34. The van der Waals surface area contributed by atoms with E-state index in [0.717, 1.165) is 34.0 Å². The standard InChI is InChI=1S/C27H27ClFN5O/c1-3-34-23-7-5-4-6-21(23)25-24(34)13-12-22(26(25)28)30-31-27(18(2)35)33-16-14-32(15-17-33)20-10-8-19(29)9-11-20/h4-13,30H,3,14-17H2,1-2H3/b31-27+. The molecule has 180 valence electrons. The summed E-state index contributed by atoms with van der Waals surface area (Å²) in [6, 6.07) is 18.6. The molecule has 5 rings (SSSR count). The third-order valence-corrected chi connectivity index (χ3v) is 6.95. The van der Waals surface area contributed by atoms with E-state index < -0.39 is 0 Å². The summed E-state index contributed by atoms with van der Waals surface area (Å²) in [4.78, 5) is 16.6. The number of fused-ring (bicyclic) bond motifs is 3. The Hall–Kier alpha value is -3.58. The Morgan fingerprint density at radius 3 is 2.40 bits per heavy atom. The second-order valence-corrected chi connectivity index (χ2v) is 9.01. The number of carbonyl (C=O) groups is 1. The summed E-state index contributed by atoms with van der Waals surface area (Å²) in [7, 11) is 0. The quantitative estimate of drug-likeness (QED) is 0.219. The molecule has 1 fully saturated rings. The van der Waals surface area contributed by atoms with Gasteiger partial charge < -0.3 is 14.4 Å². The van der Waals surface area contributed by atoms with Crippen LogP contribution in [0.2, 0.25) is 5.02 Å². The molecule has 6 nitrogen and oxygen atoms in total. The molecular formula is C27H27ClFN5O. The molecule has 1 saturated heterocycles. The molecule has 3 aromatic carbocycles. The van der Waals surface area contributed by atoms with Crippen molar-refractivity contribution in [1.82, 2.24) is 9.47 Å². The number of anilines is 2. The molecule has 1 N–H and O–H groups in total. The fourth-order valence-electron chi connectivity index (χ4n) is 4.84. The van der Waals surface area contributed by atoms with Gasteiger partial charge in [0.2, 0.25) is 0 Å². The molecule has 0 unspecified atom stereocenters. The Morgan fingerprint density at radius 2 is 1.71 bits per heavy atom. The number of rotatable bonds is 5. The van der Waals surface area contributed by atoms with Crippen molar-refractivity contribution >= 4 is 56.4 Å². The summed E-state index contributed by atoms with van der Waals surface area (Å²) in [6.07, 6.45) is 0. The van der Waals surface area contributed by atoms with Crippen LogP contribution in [0.4, 0.5) is 15.8 Å². The van der Waals surface area contributed by atoms with Gasteiger partial charge in [0, 0.05) is 61.6 Å². The van der Waals surface area contributed by atoms with Crippen molar-refractivity contribution in [3.05, 3.63) is 71.5 Å². The Bertz CT molecular complexity index is 1420. The van der Waals surface area contributed by atoms with Gasteiger partial charge in [-0.3, -0.25) is 10.2 Å². The molecule has 0 atom stereocenters. The molecular weight excluding hydrogens is 465 g/mol. The molecule has 1 aliphatic heterocycles. The van der Waals surface area contributed by atoms with Crippen LogP contribution in [0.1, 0.15) is 13.8 Å². The van der Waals surface area contributed by atoms with E-state index in [1.165, 1.54) is 19.1 Å². The number of Topliss-reactive ketones (excluding diaryl/α,β-unsaturated/α-hetero) is 1. The van der Waals surface area contributed by atoms with Crippen molar-refractivity contribution in [3.8, 4) is 0 Å². The van der Waals surface area contributed by atoms with Gasteiger partial charge in [0.15, 0.2) is 11.6 Å². The van der Waals surface area contributed by atoms with Gasteiger partial charge in [-0.2, -0.15) is 5.10 Å². The van der Waals surface area contributed by atoms with Crippen molar-refractivity contribution < 1.29 is 9.18 Å². The highest BCUT2D eigenvalue weighted by atomic mass is 35.5. The lowest BCUT2D eigenvalue weighted by Crippen LogP contribution is -2.50. The molecule has 0 amide bonds. The molecule has 4 aromatic rings. The number of ketones is 1. The molecule has 0 aliphatic carbocycles. The number of halogens is 2. The summed E-state index contributed by atoms with van der Waals surface area (Å²) < 4.78 is 15.5. The predicted octanol–water partition coefficient (Wildman–Crippen LogP) is 5.74. The summed E-state index contributed by atoms with van der Waals surface area (Å²) in [5, 5.41) is 7.13. The van der Waals surface area contributed by atoms with Crippen molar-refractivity contribution in [3.63, 3.8) is 0 Å². The highest BCUT2D eigenvalue weighted by molar-refractivity contribution is 6.41. The molecule has 1 aromatic heterocycles. The number of nitrogens with zero attached hydrogens (tertiary/aromatic N) is 4. The van der Waals surface area contributed by atoms with E-state index in [9.17, 15) is 9.18 Å². The van der Waals surface area contributed by atoms with Crippen LogP contribution in [-0.4, -0.2) is 47.3 Å².